The summed E-state index contributed by atoms with van der Waals surface area (Å²) in [4.78, 5) is 14.6. The molecule has 0 saturated carbocycles. The zero-order valence-electron chi connectivity index (χ0n) is 30.7. The van der Waals surface area contributed by atoms with E-state index in [1.165, 1.54) is 44.5 Å². The van der Waals surface area contributed by atoms with Gasteiger partial charge in [-0.15, -0.1) is 0 Å². The summed E-state index contributed by atoms with van der Waals surface area (Å²) in [5.74, 6) is 1.96. The van der Waals surface area contributed by atoms with Crippen LogP contribution in [0.4, 0.5) is 0 Å². The highest BCUT2D eigenvalue weighted by molar-refractivity contribution is 6.04. The van der Waals surface area contributed by atoms with E-state index in [9.17, 15) is 0 Å². The predicted octanol–water partition coefficient (Wildman–Crippen LogP) is 13.2. The van der Waals surface area contributed by atoms with Crippen LogP contribution < -0.4 is 0 Å². The summed E-state index contributed by atoms with van der Waals surface area (Å²) in [5.41, 5.74) is 14.6. The molecule has 3 heteroatoms. The van der Waals surface area contributed by atoms with Crippen molar-refractivity contribution in [2.24, 2.45) is 0 Å². The molecule has 1 heterocycles. The van der Waals surface area contributed by atoms with Crippen molar-refractivity contribution < 1.29 is 0 Å². The van der Waals surface area contributed by atoms with Gasteiger partial charge in [0.25, 0.3) is 0 Å². The summed E-state index contributed by atoms with van der Waals surface area (Å²) in [5, 5.41) is 0. The lowest BCUT2D eigenvalue weighted by Crippen LogP contribution is -2.00. The van der Waals surface area contributed by atoms with Gasteiger partial charge in [0.1, 0.15) is 0 Å². The Balaban J connectivity index is 1.01. The summed E-state index contributed by atoms with van der Waals surface area (Å²) < 4.78 is 0. The van der Waals surface area contributed by atoms with Crippen LogP contribution in [0.25, 0.3) is 67.6 Å². The number of nitrogens with zero attached hydrogens (tertiary/aromatic N) is 3. The molecule has 0 bridgehead atoms. The van der Waals surface area contributed by atoms with E-state index in [2.05, 4.69) is 164 Å². The molecule has 0 aliphatic heterocycles. The summed E-state index contributed by atoms with van der Waals surface area (Å²) in [6.45, 7) is 0. The van der Waals surface area contributed by atoms with Crippen molar-refractivity contribution in [2.75, 3.05) is 0 Å². The molecule has 0 aliphatic carbocycles. The molecular formula is C53H37N3. The molecule has 0 radical (unpaired) electrons. The summed E-state index contributed by atoms with van der Waals surface area (Å²) in [7, 11) is 0. The first-order valence-corrected chi connectivity index (χ1v) is 18.9. The van der Waals surface area contributed by atoms with Crippen molar-refractivity contribution in [3.63, 3.8) is 0 Å². The van der Waals surface area contributed by atoms with Gasteiger partial charge in [0.15, 0.2) is 17.5 Å². The molecule has 0 amide bonds. The summed E-state index contributed by atoms with van der Waals surface area (Å²) in [6, 6.07) is 78.5. The van der Waals surface area contributed by atoms with Crippen molar-refractivity contribution in [1.82, 2.24) is 15.0 Å². The van der Waals surface area contributed by atoms with Crippen LogP contribution >= 0.6 is 0 Å². The van der Waals surface area contributed by atoms with E-state index in [4.69, 9.17) is 15.0 Å². The average Bonchev–Trinajstić information content (AvgIpc) is 3.30. The van der Waals surface area contributed by atoms with E-state index < -0.39 is 0 Å². The van der Waals surface area contributed by atoms with Crippen molar-refractivity contribution in [3.05, 3.63) is 247 Å². The summed E-state index contributed by atoms with van der Waals surface area (Å²) in [6.07, 6.45) is 0. The SMILES string of the molecule is c1ccc(C(=C(c2ccccc2)c2ccc(-c3ccc(-c4ccc(-c5nc(-c6ccccc6)nc(-c6ccccc6)n5)cc4)cc3)cc2)c2ccccc2)cc1. The van der Waals surface area contributed by atoms with E-state index in [1.807, 2.05) is 60.7 Å². The third-order valence-corrected chi connectivity index (χ3v) is 10.0. The first kappa shape index (κ1) is 34.3. The molecule has 9 rings (SSSR count). The van der Waals surface area contributed by atoms with Crippen LogP contribution in [0.3, 0.4) is 0 Å². The monoisotopic (exact) mass is 715 g/mol. The molecule has 0 fully saturated rings. The van der Waals surface area contributed by atoms with Gasteiger partial charge in [-0.2, -0.15) is 0 Å². The Hall–Kier alpha value is -7.49. The van der Waals surface area contributed by atoms with E-state index >= 15 is 0 Å². The zero-order valence-corrected chi connectivity index (χ0v) is 30.7. The fourth-order valence-electron chi connectivity index (χ4n) is 7.16. The molecule has 264 valence electrons. The number of aromatic nitrogens is 3. The second-order valence-corrected chi connectivity index (χ2v) is 13.6. The van der Waals surface area contributed by atoms with Crippen molar-refractivity contribution in [1.29, 1.82) is 0 Å². The molecule has 0 saturated heterocycles. The highest BCUT2D eigenvalue weighted by atomic mass is 15.0. The number of hydrogen-bond donors (Lipinski definition) is 0. The Morgan fingerprint density at radius 2 is 0.411 bits per heavy atom. The minimum atomic E-state index is 0.646. The molecule has 0 spiro atoms. The molecule has 0 unspecified atom stereocenters. The van der Waals surface area contributed by atoms with Gasteiger partial charge in [0.2, 0.25) is 0 Å². The molecule has 8 aromatic carbocycles. The first-order valence-electron chi connectivity index (χ1n) is 18.9. The largest absolute Gasteiger partial charge is 0.208 e. The minimum absolute atomic E-state index is 0.646. The molecule has 0 N–H and O–H groups in total. The zero-order chi connectivity index (χ0) is 37.5. The Morgan fingerprint density at radius 3 is 0.714 bits per heavy atom. The van der Waals surface area contributed by atoms with Crippen LogP contribution in [0.5, 0.6) is 0 Å². The van der Waals surface area contributed by atoms with E-state index in [0.717, 1.165) is 27.8 Å². The topological polar surface area (TPSA) is 38.7 Å². The van der Waals surface area contributed by atoms with E-state index in [-0.39, 0.29) is 0 Å². The van der Waals surface area contributed by atoms with Crippen molar-refractivity contribution in [3.8, 4) is 56.4 Å². The maximum Gasteiger partial charge on any atom is 0.164 e. The van der Waals surface area contributed by atoms with Gasteiger partial charge in [-0.3, -0.25) is 0 Å². The van der Waals surface area contributed by atoms with Crippen molar-refractivity contribution in [2.45, 2.75) is 0 Å². The Kier molecular flexibility index (Phi) is 9.71. The maximum atomic E-state index is 4.90. The quantitative estimate of drug-likeness (QED) is 0.140. The van der Waals surface area contributed by atoms with Gasteiger partial charge in [0.05, 0.1) is 0 Å². The molecule has 0 atom stereocenters. The lowest BCUT2D eigenvalue weighted by Gasteiger charge is -2.18. The van der Waals surface area contributed by atoms with E-state index in [1.54, 1.807) is 0 Å². The lowest BCUT2D eigenvalue weighted by molar-refractivity contribution is 1.07. The lowest BCUT2D eigenvalue weighted by atomic mass is 9.85. The van der Waals surface area contributed by atoms with Crippen molar-refractivity contribution >= 4 is 11.1 Å². The van der Waals surface area contributed by atoms with Crippen LogP contribution in [-0.2, 0) is 0 Å². The van der Waals surface area contributed by atoms with Crippen LogP contribution in [0.1, 0.15) is 22.3 Å². The second kappa shape index (κ2) is 15.9. The highest BCUT2D eigenvalue weighted by Gasteiger charge is 2.17. The Bertz CT molecular complexity index is 2610. The minimum Gasteiger partial charge on any atom is -0.208 e. The van der Waals surface area contributed by atoms with Crippen LogP contribution in [0.2, 0.25) is 0 Å². The number of rotatable bonds is 9. The molecule has 9 aromatic rings. The highest BCUT2D eigenvalue weighted by Crippen LogP contribution is 2.38. The molecule has 56 heavy (non-hydrogen) atoms. The number of benzene rings is 8. The van der Waals surface area contributed by atoms with Crippen LogP contribution in [0.15, 0.2) is 224 Å². The van der Waals surface area contributed by atoms with Gasteiger partial charge in [-0.25, -0.2) is 15.0 Å². The van der Waals surface area contributed by atoms with E-state index in [0.29, 0.717) is 17.5 Å². The molecule has 1 aromatic heterocycles. The average molecular weight is 716 g/mol. The second-order valence-electron chi connectivity index (χ2n) is 13.6. The Morgan fingerprint density at radius 1 is 0.196 bits per heavy atom. The third-order valence-electron chi connectivity index (χ3n) is 10.0. The fraction of sp³-hybridized carbons (Fsp3) is 0. The van der Waals surface area contributed by atoms with Gasteiger partial charge in [-0.05, 0) is 55.7 Å². The number of hydrogen-bond acceptors (Lipinski definition) is 3. The Labute approximate surface area is 328 Å². The fourth-order valence-corrected chi connectivity index (χ4v) is 7.16. The van der Waals surface area contributed by atoms with Gasteiger partial charge < -0.3 is 0 Å². The standard InChI is InChI=1S/C53H37N3/c1-6-16-42(17-7-1)49(43-18-8-2-9-19-43)50(44-20-10-3-11-21-44)45-34-30-40(31-35-45)38-26-28-39(29-27-38)41-32-36-48(37-33-41)53-55-51(46-22-12-4-13-23-46)54-52(56-53)47-24-14-5-15-25-47/h1-37H. The predicted molar refractivity (Wildman–Crippen MR) is 231 cm³/mol. The van der Waals surface area contributed by atoms with Crippen LogP contribution in [-0.4, -0.2) is 15.0 Å². The first-order chi connectivity index (χ1) is 27.8. The maximum absolute atomic E-state index is 4.90. The molecule has 0 aliphatic rings. The molecule has 3 nitrogen and oxygen atoms in total. The summed E-state index contributed by atoms with van der Waals surface area (Å²) >= 11 is 0. The molecular weight excluding hydrogens is 679 g/mol. The normalized spacial score (nSPS) is 10.9. The smallest absolute Gasteiger partial charge is 0.164 e. The van der Waals surface area contributed by atoms with Gasteiger partial charge in [-0.1, -0.05) is 224 Å². The van der Waals surface area contributed by atoms with Gasteiger partial charge >= 0.3 is 0 Å². The van der Waals surface area contributed by atoms with Gasteiger partial charge in [0, 0.05) is 16.7 Å². The van der Waals surface area contributed by atoms with Crippen LogP contribution in [0, 0.1) is 0 Å². The third kappa shape index (κ3) is 7.35.